The van der Waals surface area contributed by atoms with Crippen molar-refractivity contribution in [2.75, 3.05) is 13.7 Å². The molecule has 1 unspecified atom stereocenters. The fourth-order valence-electron chi connectivity index (χ4n) is 2.59. The Morgan fingerprint density at radius 1 is 1.48 bits per heavy atom. The topological polar surface area (TPSA) is 210 Å². The van der Waals surface area contributed by atoms with Gasteiger partial charge in [0.15, 0.2) is 12.1 Å². The first-order chi connectivity index (χ1) is 12.3. The zero-order valence-corrected chi connectivity index (χ0v) is 15.3. The summed E-state index contributed by atoms with van der Waals surface area (Å²) in [6.07, 6.45) is -9.14. The fraction of sp³-hybridized carbons (Fsp3) is 0.833. The summed E-state index contributed by atoms with van der Waals surface area (Å²) in [6.45, 7) is -0.0324. The van der Waals surface area contributed by atoms with E-state index in [9.17, 15) is 28.9 Å². The molecule has 0 bridgehead atoms. The highest BCUT2D eigenvalue weighted by atomic mass is 31.2. The molecular formula is C12H23F2N4O8P. The van der Waals surface area contributed by atoms with Crippen LogP contribution in [0.15, 0.2) is 4.99 Å². The van der Waals surface area contributed by atoms with Gasteiger partial charge in [-0.15, -0.1) is 0 Å². The van der Waals surface area contributed by atoms with Crippen molar-refractivity contribution in [2.24, 2.45) is 16.5 Å². The summed E-state index contributed by atoms with van der Waals surface area (Å²) in [5.74, 6) is -1.56. The highest BCUT2D eigenvalue weighted by molar-refractivity contribution is 7.54. The average Bonchev–Trinajstić information content (AvgIpc) is 2.58. The average molecular weight is 420 g/mol. The molecule has 15 heteroatoms. The number of hydrogen-bond donors (Lipinski definition) is 7. The van der Waals surface area contributed by atoms with E-state index in [0.29, 0.717) is 7.11 Å². The van der Waals surface area contributed by atoms with E-state index in [4.69, 9.17) is 16.6 Å². The summed E-state index contributed by atoms with van der Waals surface area (Å²) in [4.78, 5) is 24.6. The summed E-state index contributed by atoms with van der Waals surface area (Å²) >= 11 is 0. The molecule has 1 saturated heterocycles. The molecule has 1 heterocycles. The van der Waals surface area contributed by atoms with Gasteiger partial charge in [-0.25, -0.2) is 9.38 Å². The van der Waals surface area contributed by atoms with Crippen LogP contribution in [0.3, 0.4) is 0 Å². The molecule has 0 aromatic carbocycles. The van der Waals surface area contributed by atoms with E-state index in [1.165, 1.54) is 0 Å². The van der Waals surface area contributed by atoms with Crippen molar-refractivity contribution < 1.29 is 47.6 Å². The predicted octanol–water partition coefficient (Wildman–Crippen LogP) is -2.96. The van der Waals surface area contributed by atoms with Gasteiger partial charge in [-0.2, -0.15) is 4.39 Å². The molecule has 0 aliphatic carbocycles. The SMILES string of the molecule is COP(=O)(O)[C@]1(F)O[C@@H]([C@H](O)[C@H](O)CO)[C@H](NC(C)=O)[C@@H](N=C(N)N)[C@H]1F. The van der Waals surface area contributed by atoms with Gasteiger partial charge in [0.2, 0.25) is 5.91 Å². The molecule has 158 valence electrons. The van der Waals surface area contributed by atoms with Crippen molar-refractivity contribution >= 4 is 19.5 Å². The number of ether oxygens (including phenoxy) is 1. The van der Waals surface area contributed by atoms with Gasteiger partial charge in [0.1, 0.15) is 24.4 Å². The van der Waals surface area contributed by atoms with E-state index < -0.39 is 68.2 Å². The molecule has 1 aliphatic heterocycles. The number of carbonyl (C=O) groups is 1. The van der Waals surface area contributed by atoms with Gasteiger partial charge in [-0.05, 0) is 0 Å². The zero-order valence-electron chi connectivity index (χ0n) is 14.4. The second-order valence-electron chi connectivity index (χ2n) is 5.81. The lowest BCUT2D eigenvalue weighted by Gasteiger charge is -2.47. The van der Waals surface area contributed by atoms with Crippen LogP contribution in [-0.2, 0) is 18.6 Å². The van der Waals surface area contributed by atoms with E-state index in [1.54, 1.807) is 0 Å². The minimum absolute atomic E-state index is 0.613. The maximum absolute atomic E-state index is 15.2. The van der Waals surface area contributed by atoms with Crippen molar-refractivity contribution in [2.45, 2.75) is 49.1 Å². The number of aliphatic hydroxyl groups is 3. The third kappa shape index (κ3) is 4.71. The number of aliphatic imine (C=N–C) groups is 1. The Morgan fingerprint density at radius 2 is 2.04 bits per heavy atom. The summed E-state index contributed by atoms with van der Waals surface area (Å²) in [5.41, 5.74) is 6.32. The van der Waals surface area contributed by atoms with Crippen LogP contribution in [0.5, 0.6) is 0 Å². The number of halogens is 2. The Labute approximate surface area is 152 Å². The van der Waals surface area contributed by atoms with Crippen molar-refractivity contribution in [1.29, 1.82) is 0 Å². The molecule has 12 nitrogen and oxygen atoms in total. The third-order valence-electron chi connectivity index (χ3n) is 3.88. The molecule has 0 aromatic heterocycles. The first-order valence-corrected chi connectivity index (χ1v) is 9.12. The van der Waals surface area contributed by atoms with E-state index in [0.717, 1.165) is 6.92 Å². The Bertz CT molecular complexity index is 624. The van der Waals surface area contributed by atoms with Gasteiger partial charge < -0.3 is 46.3 Å². The smallest absolute Gasteiger partial charge is 0.394 e. The number of nitrogens with one attached hydrogen (secondary N) is 1. The van der Waals surface area contributed by atoms with Crippen LogP contribution in [0.1, 0.15) is 6.92 Å². The predicted molar refractivity (Wildman–Crippen MR) is 86.7 cm³/mol. The summed E-state index contributed by atoms with van der Waals surface area (Å²) in [5, 5.41) is 30.9. The van der Waals surface area contributed by atoms with Crippen molar-refractivity contribution in [3.63, 3.8) is 0 Å². The summed E-state index contributed by atoms with van der Waals surface area (Å²) in [7, 11) is -4.84. The number of guanidine groups is 1. The van der Waals surface area contributed by atoms with Crippen LogP contribution in [0.2, 0.25) is 0 Å². The van der Waals surface area contributed by atoms with E-state index in [1.807, 2.05) is 0 Å². The first kappa shape index (κ1) is 23.6. The second-order valence-corrected chi connectivity index (χ2v) is 7.82. The van der Waals surface area contributed by atoms with Crippen LogP contribution < -0.4 is 16.8 Å². The molecule has 0 radical (unpaired) electrons. The lowest BCUT2D eigenvalue weighted by atomic mass is 9.89. The van der Waals surface area contributed by atoms with Gasteiger partial charge in [0.05, 0.1) is 12.6 Å². The number of alkyl halides is 2. The van der Waals surface area contributed by atoms with Crippen LogP contribution >= 0.6 is 7.60 Å². The summed E-state index contributed by atoms with van der Waals surface area (Å²) < 4.78 is 50.9. The highest BCUT2D eigenvalue weighted by Gasteiger charge is 2.68. The van der Waals surface area contributed by atoms with E-state index >= 15 is 4.39 Å². The maximum atomic E-state index is 15.2. The van der Waals surface area contributed by atoms with Crippen LogP contribution in [0.25, 0.3) is 0 Å². The fourth-order valence-corrected chi connectivity index (χ4v) is 3.56. The highest BCUT2D eigenvalue weighted by Crippen LogP contribution is 2.62. The molecule has 1 amide bonds. The molecule has 8 atom stereocenters. The number of nitrogens with two attached hydrogens (primary N) is 2. The monoisotopic (exact) mass is 420 g/mol. The molecule has 0 spiro atoms. The molecular weight excluding hydrogens is 397 g/mol. The number of aliphatic hydroxyl groups excluding tert-OH is 3. The Morgan fingerprint density at radius 3 is 2.44 bits per heavy atom. The van der Waals surface area contributed by atoms with Gasteiger partial charge >= 0.3 is 13.2 Å². The van der Waals surface area contributed by atoms with Gasteiger partial charge in [-0.3, -0.25) is 9.36 Å². The van der Waals surface area contributed by atoms with Crippen LogP contribution in [0.4, 0.5) is 8.78 Å². The lowest BCUT2D eigenvalue weighted by Crippen LogP contribution is -2.69. The van der Waals surface area contributed by atoms with Gasteiger partial charge in [0, 0.05) is 14.0 Å². The quantitative estimate of drug-likeness (QED) is 0.126. The van der Waals surface area contributed by atoms with Gasteiger partial charge in [0.25, 0.3) is 0 Å². The second kappa shape index (κ2) is 8.73. The molecule has 9 N–H and O–H groups in total. The molecule has 0 aromatic rings. The van der Waals surface area contributed by atoms with Crippen molar-refractivity contribution in [3.8, 4) is 0 Å². The zero-order chi connectivity index (χ0) is 21.2. The first-order valence-electron chi connectivity index (χ1n) is 7.54. The minimum Gasteiger partial charge on any atom is -0.394 e. The van der Waals surface area contributed by atoms with Crippen molar-refractivity contribution in [1.82, 2.24) is 5.32 Å². The Balaban J connectivity index is 3.57. The molecule has 0 saturated carbocycles. The maximum Gasteiger partial charge on any atom is 0.395 e. The third-order valence-corrected chi connectivity index (χ3v) is 5.50. The molecule has 1 aliphatic rings. The minimum atomic E-state index is -5.46. The molecule has 1 rings (SSSR count). The number of hydrogen-bond acceptors (Lipinski definition) is 8. The molecule has 27 heavy (non-hydrogen) atoms. The van der Waals surface area contributed by atoms with Gasteiger partial charge in [-0.1, -0.05) is 0 Å². The normalized spacial score (nSPS) is 35.6. The van der Waals surface area contributed by atoms with E-state index in [-0.39, 0.29) is 0 Å². The van der Waals surface area contributed by atoms with Crippen molar-refractivity contribution in [3.05, 3.63) is 0 Å². The number of rotatable bonds is 7. The van der Waals surface area contributed by atoms with Crippen LogP contribution in [0, 0.1) is 0 Å². The number of carbonyl (C=O) groups excluding carboxylic acids is 1. The Kier molecular flexibility index (Phi) is 7.64. The molecule has 1 fully saturated rings. The number of nitrogens with zero attached hydrogens (tertiary/aromatic N) is 1. The van der Waals surface area contributed by atoms with E-state index in [2.05, 4.69) is 19.6 Å². The largest absolute Gasteiger partial charge is 0.395 e. The standard InChI is InChI=1S/C12H23F2N4O8P/c1-4(20)17-6-7(18-11(15)16)10(13)12(14,27(23,24)25-2)26-9(6)8(22)5(21)3-19/h5-10,19,21-22H,3H2,1-2H3,(H,17,20)(H,23,24)(H4,15,16,18)/t5-,6-,7-,8-,9-,10-,12-/m1/s1. The number of amides is 1. The lowest BCUT2D eigenvalue weighted by molar-refractivity contribution is -0.246. The van der Waals surface area contributed by atoms with Crippen LogP contribution in [-0.4, -0.2) is 88.0 Å². The Hall–Kier alpha value is -1.41. The summed E-state index contributed by atoms with van der Waals surface area (Å²) in [6, 6.07) is -3.73.